The highest BCUT2D eigenvalue weighted by Crippen LogP contribution is 2.37. The fourth-order valence-electron chi connectivity index (χ4n) is 7.23. The van der Waals surface area contributed by atoms with E-state index >= 15 is 0 Å². The van der Waals surface area contributed by atoms with Gasteiger partial charge in [0.05, 0.1) is 11.0 Å². The first-order chi connectivity index (χ1) is 24.8. The third-order valence-electron chi connectivity index (χ3n) is 9.69. The summed E-state index contributed by atoms with van der Waals surface area (Å²) in [6.07, 6.45) is 8.90. The van der Waals surface area contributed by atoms with E-state index in [4.69, 9.17) is 19.4 Å². The van der Waals surface area contributed by atoms with Crippen molar-refractivity contribution in [1.82, 2.24) is 19.5 Å². The molecule has 0 aliphatic heterocycles. The minimum Gasteiger partial charge on any atom is -0.456 e. The van der Waals surface area contributed by atoms with Crippen LogP contribution in [0.2, 0.25) is 0 Å². The molecule has 0 saturated heterocycles. The number of allylic oxidation sites excluding steroid dienone is 4. The number of hydrogen-bond donors (Lipinski definition) is 0. The monoisotopic (exact) mass is 642 g/mol. The first-order valence-corrected chi connectivity index (χ1v) is 17.0. The quantitative estimate of drug-likeness (QED) is 0.187. The average Bonchev–Trinajstić information content (AvgIpc) is 3.73. The smallest absolute Gasteiger partial charge is 0.164 e. The second-order valence-corrected chi connectivity index (χ2v) is 12.8. The van der Waals surface area contributed by atoms with Gasteiger partial charge in [0.15, 0.2) is 17.5 Å². The van der Waals surface area contributed by atoms with Crippen molar-refractivity contribution in [3.05, 3.63) is 163 Å². The largest absolute Gasteiger partial charge is 0.456 e. The number of furan rings is 1. The van der Waals surface area contributed by atoms with Gasteiger partial charge in [-0.25, -0.2) is 15.0 Å². The van der Waals surface area contributed by atoms with Crippen LogP contribution < -0.4 is 0 Å². The van der Waals surface area contributed by atoms with Crippen LogP contribution in [0.25, 0.3) is 89.2 Å². The fourth-order valence-corrected chi connectivity index (χ4v) is 7.23. The van der Waals surface area contributed by atoms with E-state index in [1.165, 1.54) is 32.9 Å². The maximum Gasteiger partial charge on any atom is 0.164 e. The maximum absolute atomic E-state index is 6.58. The van der Waals surface area contributed by atoms with Gasteiger partial charge in [0, 0.05) is 50.0 Å². The third kappa shape index (κ3) is 4.74. The minimum atomic E-state index is 0.601. The number of aromatic nitrogens is 4. The van der Waals surface area contributed by atoms with Gasteiger partial charge >= 0.3 is 0 Å². The maximum atomic E-state index is 6.58. The Morgan fingerprint density at radius 1 is 0.460 bits per heavy atom. The van der Waals surface area contributed by atoms with Crippen molar-refractivity contribution in [3.8, 4) is 39.9 Å². The Kier molecular flexibility index (Phi) is 6.56. The molecule has 0 N–H and O–H groups in total. The van der Waals surface area contributed by atoms with Gasteiger partial charge in [-0.1, -0.05) is 115 Å². The second-order valence-electron chi connectivity index (χ2n) is 12.8. The van der Waals surface area contributed by atoms with Crippen molar-refractivity contribution in [2.45, 2.75) is 12.8 Å². The number of nitrogens with zero attached hydrogens (tertiary/aromatic N) is 4. The summed E-state index contributed by atoms with van der Waals surface area (Å²) >= 11 is 0. The molecule has 0 fully saturated rings. The molecular weight excluding hydrogens is 613 g/mol. The SMILES string of the molecule is C1=CC(c2ccc(-c3nc(-c4ccccc4)nc(-c4ccc5c(c4)oc4cc(-n6c7ccccc7c7ccccc76)ccc45)n3)cc2)=CCC1. The Hall–Kier alpha value is -6.59. The molecule has 10 rings (SSSR count). The predicted molar refractivity (Wildman–Crippen MR) is 204 cm³/mol. The summed E-state index contributed by atoms with van der Waals surface area (Å²) in [5.41, 5.74) is 10.2. The third-order valence-corrected chi connectivity index (χ3v) is 9.69. The lowest BCUT2D eigenvalue weighted by molar-refractivity contribution is 0.668. The van der Waals surface area contributed by atoms with Gasteiger partial charge in [-0.15, -0.1) is 0 Å². The van der Waals surface area contributed by atoms with Crippen molar-refractivity contribution in [2.24, 2.45) is 0 Å². The van der Waals surface area contributed by atoms with Crippen LogP contribution in [0.4, 0.5) is 0 Å². The molecule has 0 unspecified atom stereocenters. The zero-order valence-electron chi connectivity index (χ0n) is 27.1. The van der Waals surface area contributed by atoms with Gasteiger partial charge in [-0.2, -0.15) is 0 Å². The summed E-state index contributed by atoms with van der Waals surface area (Å²) in [5.74, 6) is 1.87. The summed E-state index contributed by atoms with van der Waals surface area (Å²) < 4.78 is 8.90. The van der Waals surface area contributed by atoms with E-state index in [2.05, 4.69) is 126 Å². The van der Waals surface area contributed by atoms with Crippen molar-refractivity contribution < 1.29 is 4.42 Å². The highest BCUT2D eigenvalue weighted by atomic mass is 16.3. The van der Waals surface area contributed by atoms with Crippen molar-refractivity contribution in [3.63, 3.8) is 0 Å². The molecule has 0 radical (unpaired) electrons. The number of fused-ring (bicyclic) bond motifs is 6. The van der Waals surface area contributed by atoms with Crippen LogP contribution >= 0.6 is 0 Å². The average molecular weight is 643 g/mol. The predicted octanol–water partition coefficient (Wildman–Crippen LogP) is 11.6. The van der Waals surface area contributed by atoms with E-state index in [0.29, 0.717) is 17.5 Å². The molecule has 236 valence electrons. The summed E-state index contributed by atoms with van der Waals surface area (Å²) in [5, 5.41) is 4.59. The fraction of sp³-hybridized carbons (Fsp3) is 0.0444. The van der Waals surface area contributed by atoms with E-state index in [1.54, 1.807) is 0 Å². The summed E-state index contributed by atoms with van der Waals surface area (Å²) in [4.78, 5) is 14.9. The van der Waals surface area contributed by atoms with Crippen LogP contribution in [-0.4, -0.2) is 19.5 Å². The van der Waals surface area contributed by atoms with E-state index in [0.717, 1.165) is 57.2 Å². The van der Waals surface area contributed by atoms with E-state index < -0.39 is 0 Å². The first-order valence-electron chi connectivity index (χ1n) is 17.0. The number of benzene rings is 6. The molecule has 3 aromatic heterocycles. The van der Waals surface area contributed by atoms with E-state index in [1.807, 2.05) is 36.4 Å². The molecule has 0 amide bonds. The Bertz CT molecular complexity index is 2750. The Morgan fingerprint density at radius 3 is 1.70 bits per heavy atom. The molecule has 0 bridgehead atoms. The molecule has 1 aliphatic rings. The van der Waals surface area contributed by atoms with Gasteiger partial charge < -0.3 is 8.98 Å². The first kappa shape index (κ1) is 28.4. The Balaban J connectivity index is 1.08. The van der Waals surface area contributed by atoms with Crippen LogP contribution in [0, 0.1) is 0 Å². The van der Waals surface area contributed by atoms with Crippen molar-refractivity contribution in [1.29, 1.82) is 0 Å². The number of hydrogen-bond acceptors (Lipinski definition) is 4. The van der Waals surface area contributed by atoms with Gasteiger partial charge in [-0.3, -0.25) is 0 Å². The zero-order valence-corrected chi connectivity index (χ0v) is 27.1. The molecule has 0 spiro atoms. The molecule has 0 saturated carbocycles. The summed E-state index contributed by atoms with van der Waals surface area (Å²) in [7, 11) is 0. The molecule has 5 heteroatoms. The summed E-state index contributed by atoms with van der Waals surface area (Å²) in [6, 6.07) is 48.4. The molecule has 0 atom stereocenters. The summed E-state index contributed by atoms with van der Waals surface area (Å²) in [6.45, 7) is 0. The number of para-hydroxylation sites is 2. The normalized spacial score (nSPS) is 13.1. The molecular formula is C45H30N4O. The standard InChI is InChI=1S/C45H30N4O/c1-3-11-29(12-4-1)30-19-21-32(22-20-30)44-46-43(31-13-5-2-6-14-31)47-45(48-44)33-23-25-37-38-26-24-34(28-42(38)50-41(37)27-33)49-39-17-9-7-15-35(39)36-16-8-10-18-40(36)49/h2-3,5-28H,1,4H2. The van der Waals surface area contributed by atoms with Crippen LogP contribution in [0.15, 0.2) is 162 Å². The van der Waals surface area contributed by atoms with Crippen molar-refractivity contribution in [2.75, 3.05) is 0 Å². The van der Waals surface area contributed by atoms with Crippen molar-refractivity contribution >= 4 is 49.3 Å². The molecule has 50 heavy (non-hydrogen) atoms. The highest BCUT2D eigenvalue weighted by Gasteiger charge is 2.17. The van der Waals surface area contributed by atoms with Gasteiger partial charge in [0.1, 0.15) is 11.2 Å². The van der Waals surface area contributed by atoms with E-state index in [-0.39, 0.29) is 0 Å². The minimum absolute atomic E-state index is 0.601. The highest BCUT2D eigenvalue weighted by molar-refractivity contribution is 6.10. The topological polar surface area (TPSA) is 56.7 Å². The second kappa shape index (κ2) is 11.5. The number of rotatable bonds is 5. The lowest BCUT2D eigenvalue weighted by atomic mass is 9.98. The molecule has 5 nitrogen and oxygen atoms in total. The lowest BCUT2D eigenvalue weighted by Crippen LogP contribution is -2.00. The molecule has 3 heterocycles. The molecule has 1 aliphatic carbocycles. The zero-order chi connectivity index (χ0) is 33.0. The Morgan fingerprint density at radius 2 is 1.02 bits per heavy atom. The van der Waals surface area contributed by atoms with Crippen LogP contribution in [0.5, 0.6) is 0 Å². The van der Waals surface area contributed by atoms with E-state index in [9.17, 15) is 0 Å². The van der Waals surface area contributed by atoms with Crippen LogP contribution in [-0.2, 0) is 0 Å². The molecule has 6 aromatic carbocycles. The van der Waals surface area contributed by atoms with Gasteiger partial charge in [0.25, 0.3) is 0 Å². The van der Waals surface area contributed by atoms with Crippen LogP contribution in [0.3, 0.4) is 0 Å². The van der Waals surface area contributed by atoms with Crippen LogP contribution in [0.1, 0.15) is 18.4 Å². The Labute approximate surface area is 288 Å². The van der Waals surface area contributed by atoms with Gasteiger partial charge in [-0.05, 0) is 60.4 Å². The molecule has 9 aromatic rings. The lowest BCUT2D eigenvalue weighted by Gasteiger charge is -2.10. The van der Waals surface area contributed by atoms with Gasteiger partial charge in [0.2, 0.25) is 0 Å².